The van der Waals surface area contributed by atoms with Crippen molar-refractivity contribution in [3.8, 4) is 11.5 Å². The van der Waals surface area contributed by atoms with Gasteiger partial charge in [-0.15, -0.1) is 0 Å². The molecule has 0 fully saturated rings. The first-order valence-electron chi connectivity index (χ1n) is 10.2. The standard InChI is InChI=1S/C25H28N2O4/c1-25(2,3)19-13-21(29-5)18-14-30-24(27-22(18)23(19)31-15-28-4)26-20-12-8-10-16-9-6-7-11-17(16)20/h6-13H,14-15H2,1-5H3,(H,26,27). The van der Waals surface area contributed by atoms with Gasteiger partial charge >= 0.3 is 0 Å². The fourth-order valence-corrected chi connectivity index (χ4v) is 3.71. The maximum Gasteiger partial charge on any atom is 0.294 e. The van der Waals surface area contributed by atoms with E-state index in [2.05, 4.69) is 44.3 Å². The SMILES string of the molecule is COCOc1c(C(C)(C)C)cc(OC)c2c1N=C(Nc1cccc3ccccc13)OC2. The second kappa shape index (κ2) is 8.47. The summed E-state index contributed by atoms with van der Waals surface area (Å²) in [7, 11) is 3.26. The molecule has 4 rings (SSSR count). The van der Waals surface area contributed by atoms with Crippen LogP contribution < -0.4 is 14.8 Å². The van der Waals surface area contributed by atoms with E-state index in [4.69, 9.17) is 23.9 Å². The van der Waals surface area contributed by atoms with Gasteiger partial charge in [-0.3, -0.25) is 0 Å². The fraction of sp³-hybridized carbons (Fsp3) is 0.320. The van der Waals surface area contributed by atoms with Crippen molar-refractivity contribution in [2.24, 2.45) is 4.99 Å². The molecule has 1 heterocycles. The molecular weight excluding hydrogens is 392 g/mol. The largest absolute Gasteiger partial charge is 0.496 e. The zero-order chi connectivity index (χ0) is 22.0. The lowest BCUT2D eigenvalue weighted by Gasteiger charge is -2.28. The van der Waals surface area contributed by atoms with Gasteiger partial charge in [0.25, 0.3) is 6.02 Å². The van der Waals surface area contributed by atoms with Crippen molar-refractivity contribution in [2.45, 2.75) is 32.8 Å². The average molecular weight is 421 g/mol. The lowest BCUT2D eigenvalue weighted by molar-refractivity contribution is 0.0499. The average Bonchev–Trinajstić information content (AvgIpc) is 2.76. The third-order valence-corrected chi connectivity index (χ3v) is 5.27. The van der Waals surface area contributed by atoms with Gasteiger partial charge in [-0.1, -0.05) is 57.2 Å². The second-order valence-corrected chi connectivity index (χ2v) is 8.44. The van der Waals surface area contributed by atoms with Gasteiger partial charge in [0, 0.05) is 18.1 Å². The van der Waals surface area contributed by atoms with Crippen molar-refractivity contribution in [3.63, 3.8) is 0 Å². The second-order valence-electron chi connectivity index (χ2n) is 8.44. The van der Waals surface area contributed by atoms with Gasteiger partial charge < -0.3 is 24.3 Å². The summed E-state index contributed by atoms with van der Waals surface area (Å²) >= 11 is 0. The molecule has 0 bridgehead atoms. The molecule has 31 heavy (non-hydrogen) atoms. The van der Waals surface area contributed by atoms with E-state index in [0.717, 1.165) is 33.3 Å². The third kappa shape index (κ3) is 4.16. The number of hydrogen-bond acceptors (Lipinski definition) is 6. The Morgan fingerprint density at radius 3 is 2.58 bits per heavy atom. The van der Waals surface area contributed by atoms with E-state index >= 15 is 0 Å². The molecule has 6 heteroatoms. The van der Waals surface area contributed by atoms with E-state index in [0.29, 0.717) is 24.1 Å². The molecule has 0 atom stereocenters. The number of nitrogens with zero attached hydrogens (tertiary/aromatic N) is 1. The van der Waals surface area contributed by atoms with E-state index in [-0.39, 0.29) is 12.2 Å². The smallest absolute Gasteiger partial charge is 0.294 e. The Labute approximate surface area is 182 Å². The topological polar surface area (TPSA) is 61.3 Å². The lowest BCUT2D eigenvalue weighted by atomic mass is 9.84. The molecule has 0 saturated carbocycles. The monoisotopic (exact) mass is 420 g/mol. The molecule has 3 aromatic rings. The van der Waals surface area contributed by atoms with Gasteiger partial charge in [0.1, 0.15) is 18.0 Å². The highest BCUT2D eigenvalue weighted by atomic mass is 16.7. The van der Waals surface area contributed by atoms with Crippen LogP contribution in [0.3, 0.4) is 0 Å². The van der Waals surface area contributed by atoms with Gasteiger partial charge in [-0.2, -0.15) is 4.99 Å². The van der Waals surface area contributed by atoms with Crippen molar-refractivity contribution in [2.75, 3.05) is 26.3 Å². The van der Waals surface area contributed by atoms with E-state index in [1.165, 1.54) is 0 Å². The van der Waals surface area contributed by atoms with Gasteiger partial charge in [0.15, 0.2) is 12.5 Å². The predicted molar refractivity (Wildman–Crippen MR) is 124 cm³/mol. The number of aliphatic imine (C=N–C) groups is 1. The molecule has 162 valence electrons. The van der Waals surface area contributed by atoms with E-state index < -0.39 is 0 Å². The van der Waals surface area contributed by atoms with Crippen molar-refractivity contribution in [1.82, 2.24) is 0 Å². The zero-order valence-corrected chi connectivity index (χ0v) is 18.6. The Bertz CT molecular complexity index is 1130. The maximum atomic E-state index is 6.01. The Balaban J connectivity index is 1.82. The van der Waals surface area contributed by atoms with Crippen LogP contribution in [0, 0.1) is 0 Å². The van der Waals surface area contributed by atoms with Gasteiger partial charge in [-0.05, 0) is 22.9 Å². The van der Waals surface area contributed by atoms with Crippen LogP contribution in [0.1, 0.15) is 31.9 Å². The minimum atomic E-state index is -0.178. The first-order chi connectivity index (χ1) is 14.9. The minimum absolute atomic E-state index is 0.129. The van der Waals surface area contributed by atoms with E-state index in [9.17, 15) is 0 Å². The highest BCUT2D eigenvalue weighted by Gasteiger charge is 2.29. The molecule has 1 N–H and O–H groups in total. The highest BCUT2D eigenvalue weighted by molar-refractivity contribution is 6.02. The molecule has 0 saturated heterocycles. The number of ether oxygens (including phenoxy) is 4. The Hall–Kier alpha value is -3.25. The number of rotatable bonds is 5. The highest BCUT2D eigenvalue weighted by Crippen LogP contribution is 2.47. The maximum absolute atomic E-state index is 6.01. The molecule has 1 aliphatic rings. The zero-order valence-electron chi connectivity index (χ0n) is 18.6. The molecule has 1 aliphatic heterocycles. The van der Waals surface area contributed by atoms with Gasteiger partial charge in [-0.25, -0.2) is 0 Å². The van der Waals surface area contributed by atoms with Crippen molar-refractivity contribution < 1.29 is 18.9 Å². The van der Waals surface area contributed by atoms with Crippen LogP contribution >= 0.6 is 0 Å². The number of fused-ring (bicyclic) bond motifs is 2. The van der Waals surface area contributed by atoms with Crippen LogP contribution in [0.5, 0.6) is 11.5 Å². The Morgan fingerprint density at radius 2 is 1.84 bits per heavy atom. The Kier molecular flexibility index (Phi) is 5.74. The molecule has 0 unspecified atom stereocenters. The van der Waals surface area contributed by atoms with Crippen LogP contribution in [0.2, 0.25) is 0 Å². The summed E-state index contributed by atoms with van der Waals surface area (Å²) in [5.74, 6) is 1.42. The summed E-state index contributed by atoms with van der Waals surface area (Å²) in [5.41, 5.74) is 3.30. The van der Waals surface area contributed by atoms with Crippen LogP contribution in [-0.4, -0.2) is 27.0 Å². The number of nitrogens with one attached hydrogen (secondary N) is 1. The summed E-state index contributed by atoms with van der Waals surface area (Å²) in [6.07, 6.45) is 0. The summed E-state index contributed by atoms with van der Waals surface area (Å²) in [5, 5.41) is 5.58. The van der Waals surface area contributed by atoms with Crippen LogP contribution in [0.25, 0.3) is 10.8 Å². The molecule has 0 amide bonds. The lowest BCUT2D eigenvalue weighted by Crippen LogP contribution is -2.21. The van der Waals surface area contributed by atoms with E-state index in [1.807, 2.05) is 30.3 Å². The van der Waals surface area contributed by atoms with Gasteiger partial charge in [0.05, 0.1) is 18.4 Å². The van der Waals surface area contributed by atoms with Crippen LogP contribution in [0.4, 0.5) is 11.4 Å². The van der Waals surface area contributed by atoms with Crippen LogP contribution in [-0.2, 0) is 21.5 Å². The predicted octanol–water partition coefficient (Wildman–Crippen LogP) is 5.76. The molecule has 6 nitrogen and oxygen atoms in total. The summed E-state index contributed by atoms with van der Waals surface area (Å²) in [4.78, 5) is 4.81. The summed E-state index contributed by atoms with van der Waals surface area (Å²) < 4.78 is 22.8. The molecule has 3 aromatic carbocycles. The third-order valence-electron chi connectivity index (χ3n) is 5.27. The quantitative estimate of drug-likeness (QED) is 0.532. The first kappa shape index (κ1) is 21.0. The number of benzene rings is 3. The Morgan fingerprint density at radius 1 is 1.06 bits per heavy atom. The van der Waals surface area contributed by atoms with Crippen molar-refractivity contribution in [3.05, 3.63) is 59.7 Å². The first-order valence-corrected chi connectivity index (χ1v) is 10.2. The number of amidine groups is 1. The van der Waals surface area contributed by atoms with Crippen molar-refractivity contribution >= 4 is 28.2 Å². The molecule has 0 aliphatic carbocycles. The normalized spacial score (nSPS) is 13.3. The summed E-state index contributed by atoms with van der Waals surface area (Å²) in [6.45, 7) is 6.84. The molecular formula is C25H28N2O4. The summed E-state index contributed by atoms with van der Waals surface area (Å²) in [6, 6.07) is 16.7. The minimum Gasteiger partial charge on any atom is -0.496 e. The molecule has 0 aromatic heterocycles. The fourth-order valence-electron chi connectivity index (χ4n) is 3.71. The molecule has 0 radical (unpaired) electrons. The number of anilines is 1. The van der Waals surface area contributed by atoms with Gasteiger partial charge in [0.2, 0.25) is 0 Å². The number of methoxy groups -OCH3 is 2. The van der Waals surface area contributed by atoms with Crippen molar-refractivity contribution in [1.29, 1.82) is 0 Å². The van der Waals surface area contributed by atoms with Crippen LogP contribution in [0.15, 0.2) is 53.5 Å². The molecule has 0 spiro atoms. The van der Waals surface area contributed by atoms with E-state index in [1.54, 1.807) is 14.2 Å². The number of hydrogen-bond donors (Lipinski definition) is 1.